The SMILES string of the molecule is CCCC1(C(=O)N[C@H](CO)c2ccccc2)CCNCC1. The molecule has 21 heavy (non-hydrogen) atoms. The van der Waals surface area contributed by atoms with Crippen molar-refractivity contribution in [3.05, 3.63) is 35.9 Å². The number of piperidine rings is 1. The molecule has 1 aromatic rings. The lowest BCUT2D eigenvalue weighted by Crippen LogP contribution is -2.48. The van der Waals surface area contributed by atoms with Crippen LogP contribution in [0.15, 0.2) is 30.3 Å². The van der Waals surface area contributed by atoms with E-state index in [1.807, 2.05) is 30.3 Å². The van der Waals surface area contributed by atoms with Crippen LogP contribution in [0.5, 0.6) is 0 Å². The molecule has 0 unspecified atom stereocenters. The zero-order valence-corrected chi connectivity index (χ0v) is 12.8. The van der Waals surface area contributed by atoms with Crippen LogP contribution in [-0.4, -0.2) is 30.7 Å². The van der Waals surface area contributed by atoms with Crippen molar-refractivity contribution in [3.8, 4) is 0 Å². The summed E-state index contributed by atoms with van der Waals surface area (Å²) in [5.74, 6) is 0.0914. The smallest absolute Gasteiger partial charge is 0.226 e. The zero-order valence-electron chi connectivity index (χ0n) is 12.8. The van der Waals surface area contributed by atoms with Gasteiger partial charge in [-0.15, -0.1) is 0 Å². The molecule has 0 bridgehead atoms. The molecule has 1 aromatic carbocycles. The summed E-state index contributed by atoms with van der Waals surface area (Å²) in [5.41, 5.74) is 0.677. The molecule has 0 radical (unpaired) electrons. The average Bonchev–Trinajstić information content (AvgIpc) is 2.54. The molecule has 1 saturated heterocycles. The van der Waals surface area contributed by atoms with E-state index in [1.165, 1.54) is 0 Å². The second-order valence-corrected chi connectivity index (χ2v) is 5.90. The molecule has 1 atom stereocenters. The number of amides is 1. The number of nitrogens with one attached hydrogen (secondary N) is 2. The molecule has 0 aliphatic carbocycles. The second-order valence-electron chi connectivity index (χ2n) is 5.90. The van der Waals surface area contributed by atoms with Gasteiger partial charge in [0.1, 0.15) is 0 Å². The minimum absolute atomic E-state index is 0.0732. The van der Waals surface area contributed by atoms with Crippen molar-refractivity contribution in [2.45, 2.75) is 38.6 Å². The molecule has 2 rings (SSSR count). The van der Waals surface area contributed by atoms with Crippen molar-refractivity contribution >= 4 is 5.91 Å². The second kappa shape index (κ2) is 7.57. The Balaban J connectivity index is 2.10. The summed E-state index contributed by atoms with van der Waals surface area (Å²) in [6.45, 7) is 3.83. The maximum absolute atomic E-state index is 12.8. The molecule has 116 valence electrons. The van der Waals surface area contributed by atoms with Gasteiger partial charge >= 0.3 is 0 Å². The Hall–Kier alpha value is -1.39. The molecule has 4 nitrogen and oxygen atoms in total. The van der Waals surface area contributed by atoms with Gasteiger partial charge in [0.15, 0.2) is 0 Å². The quantitative estimate of drug-likeness (QED) is 0.751. The van der Waals surface area contributed by atoms with Crippen LogP contribution in [-0.2, 0) is 4.79 Å². The number of benzene rings is 1. The minimum Gasteiger partial charge on any atom is -0.394 e. The Morgan fingerprint density at radius 1 is 1.33 bits per heavy atom. The molecule has 1 fully saturated rings. The largest absolute Gasteiger partial charge is 0.394 e. The average molecular weight is 290 g/mol. The number of carbonyl (C=O) groups excluding carboxylic acids is 1. The molecule has 1 aliphatic rings. The van der Waals surface area contributed by atoms with Crippen LogP contribution >= 0.6 is 0 Å². The predicted octanol–water partition coefficient (Wildman–Crippen LogP) is 2.01. The number of hydrogen-bond donors (Lipinski definition) is 3. The third-order valence-corrected chi connectivity index (χ3v) is 4.46. The third-order valence-electron chi connectivity index (χ3n) is 4.46. The Morgan fingerprint density at radius 2 is 2.00 bits per heavy atom. The molecule has 4 heteroatoms. The van der Waals surface area contributed by atoms with E-state index >= 15 is 0 Å². The van der Waals surface area contributed by atoms with Gasteiger partial charge in [-0.25, -0.2) is 0 Å². The Morgan fingerprint density at radius 3 is 2.57 bits per heavy atom. The summed E-state index contributed by atoms with van der Waals surface area (Å²) < 4.78 is 0. The van der Waals surface area contributed by atoms with Crippen LogP contribution in [0.1, 0.15) is 44.2 Å². The summed E-state index contributed by atoms with van der Waals surface area (Å²) in [5, 5.41) is 16.0. The van der Waals surface area contributed by atoms with Gasteiger partial charge in [-0.3, -0.25) is 4.79 Å². The van der Waals surface area contributed by atoms with Gasteiger partial charge in [0.05, 0.1) is 18.1 Å². The highest BCUT2D eigenvalue weighted by atomic mass is 16.3. The van der Waals surface area contributed by atoms with Crippen LogP contribution in [0.2, 0.25) is 0 Å². The van der Waals surface area contributed by atoms with Gasteiger partial charge in [-0.05, 0) is 37.9 Å². The normalized spacial score (nSPS) is 19.0. The van der Waals surface area contributed by atoms with Gasteiger partial charge in [0.25, 0.3) is 0 Å². The molecule has 1 amide bonds. The first-order chi connectivity index (χ1) is 10.2. The highest BCUT2D eigenvalue weighted by Crippen LogP contribution is 2.35. The van der Waals surface area contributed by atoms with Gasteiger partial charge in [0.2, 0.25) is 5.91 Å². The van der Waals surface area contributed by atoms with Gasteiger partial charge in [-0.2, -0.15) is 0 Å². The van der Waals surface area contributed by atoms with E-state index < -0.39 is 0 Å². The summed E-state index contributed by atoms with van der Waals surface area (Å²) in [6, 6.07) is 9.35. The van der Waals surface area contributed by atoms with Crippen LogP contribution in [0.3, 0.4) is 0 Å². The summed E-state index contributed by atoms with van der Waals surface area (Å²) >= 11 is 0. The topological polar surface area (TPSA) is 61.4 Å². The van der Waals surface area contributed by atoms with Crippen LogP contribution in [0, 0.1) is 5.41 Å². The molecule has 0 saturated carbocycles. The van der Waals surface area contributed by atoms with E-state index in [2.05, 4.69) is 17.6 Å². The lowest BCUT2D eigenvalue weighted by molar-refractivity contribution is -0.134. The maximum Gasteiger partial charge on any atom is 0.226 e. The fraction of sp³-hybridized carbons (Fsp3) is 0.588. The lowest BCUT2D eigenvalue weighted by atomic mass is 9.74. The summed E-state index contributed by atoms with van der Waals surface area (Å²) in [6.07, 6.45) is 3.66. The molecule has 1 aliphatic heterocycles. The lowest BCUT2D eigenvalue weighted by Gasteiger charge is -2.37. The fourth-order valence-electron chi connectivity index (χ4n) is 3.21. The standard InChI is InChI=1S/C17H26N2O2/c1-2-8-17(9-11-18-12-10-17)16(21)19-15(13-20)14-6-4-3-5-7-14/h3-7,15,18,20H,2,8-13H2,1H3,(H,19,21)/t15-/m1/s1. The Bertz CT molecular complexity index is 436. The van der Waals surface area contributed by atoms with Gasteiger partial charge < -0.3 is 15.7 Å². The minimum atomic E-state index is -0.317. The van der Waals surface area contributed by atoms with Crippen molar-refractivity contribution in [2.75, 3.05) is 19.7 Å². The molecule has 1 heterocycles. The fourth-order valence-corrected chi connectivity index (χ4v) is 3.21. The van der Waals surface area contributed by atoms with Gasteiger partial charge in [-0.1, -0.05) is 43.7 Å². The molecule has 0 spiro atoms. The van der Waals surface area contributed by atoms with Crippen molar-refractivity contribution in [3.63, 3.8) is 0 Å². The zero-order chi connectivity index (χ0) is 15.1. The first-order valence-electron chi connectivity index (χ1n) is 7.89. The maximum atomic E-state index is 12.8. The van der Waals surface area contributed by atoms with Crippen molar-refractivity contribution in [2.24, 2.45) is 5.41 Å². The van der Waals surface area contributed by atoms with Crippen LogP contribution < -0.4 is 10.6 Å². The third kappa shape index (κ3) is 3.83. The number of aliphatic hydroxyl groups is 1. The van der Waals surface area contributed by atoms with Crippen molar-refractivity contribution in [1.82, 2.24) is 10.6 Å². The Labute approximate surface area is 126 Å². The van der Waals surface area contributed by atoms with Gasteiger partial charge in [0, 0.05) is 0 Å². The number of carbonyl (C=O) groups is 1. The first kappa shape index (κ1) is 16.0. The monoisotopic (exact) mass is 290 g/mol. The predicted molar refractivity (Wildman–Crippen MR) is 83.9 cm³/mol. The number of hydrogen-bond acceptors (Lipinski definition) is 3. The molecular formula is C17H26N2O2. The number of aliphatic hydroxyl groups excluding tert-OH is 1. The van der Waals surface area contributed by atoms with Crippen LogP contribution in [0.25, 0.3) is 0 Å². The summed E-state index contributed by atoms with van der Waals surface area (Å²) in [7, 11) is 0. The van der Waals surface area contributed by atoms with Crippen molar-refractivity contribution < 1.29 is 9.90 Å². The Kier molecular flexibility index (Phi) is 5.76. The summed E-state index contributed by atoms with van der Waals surface area (Å²) in [4.78, 5) is 12.8. The van der Waals surface area contributed by atoms with E-state index in [4.69, 9.17) is 0 Å². The van der Waals surface area contributed by atoms with E-state index in [0.717, 1.165) is 44.3 Å². The van der Waals surface area contributed by atoms with Crippen molar-refractivity contribution in [1.29, 1.82) is 0 Å². The van der Waals surface area contributed by atoms with E-state index in [9.17, 15) is 9.90 Å². The highest BCUT2D eigenvalue weighted by Gasteiger charge is 2.39. The highest BCUT2D eigenvalue weighted by molar-refractivity contribution is 5.83. The van der Waals surface area contributed by atoms with E-state index in [0.29, 0.717) is 0 Å². The molecule has 3 N–H and O–H groups in total. The van der Waals surface area contributed by atoms with E-state index in [1.54, 1.807) is 0 Å². The number of rotatable bonds is 6. The van der Waals surface area contributed by atoms with E-state index in [-0.39, 0.29) is 24.0 Å². The molecule has 0 aromatic heterocycles. The first-order valence-corrected chi connectivity index (χ1v) is 7.89. The molecular weight excluding hydrogens is 264 g/mol. The van der Waals surface area contributed by atoms with Crippen LogP contribution in [0.4, 0.5) is 0 Å².